The Kier molecular flexibility index (Phi) is 6.26. The van der Waals surface area contributed by atoms with Crippen molar-refractivity contribution < 1.29 is 18.8 Å². The van der Waals surface area contributed by atoms with Crippen molar-refractivity contribution in [2.75, 3.05) is 27.3 Å². The Bertz CT molecular complexity index is 588. The molecular weight excluding hydrogens is 298 g/mol. The Morgan fingerprint density at radius 1 is 1.38 bits per heavy atom. The second-order valence-corrected chi connectivity index (χ2v) is 4.54. The molecule has 1 atom stereocenters. The molecule has 0 fully saturated rings. The lowest BCUT2D eigenvalue weighted by Gasteiger charge is -2.22. The number of likely N-dealkylation sites (N-methyl/N-ethyl adjacent to an activating group) is 1. The fourth-order valence-corrected chi connectivity index (χ4v) is 1.67. The first-order chi connectivity index (χ1) is 9.58. The van der Waals surface area contributed by atoms with E-state index < -0.39 is 6.09 Å². The summed E-state index contributed by atoms with van der Waals surface area (Å²) in [5.41, 5.74) is 5.62. The summed E-state index contributed by atoms with van der Waals surface area (Å²) in [5.74, 6) is 0.423. The number of benzene rings is 1. The van der Waals surface area contributed by atoms with Crippen LogP contribution in [-0.4, -0.2) is 49.5 Å². The summed E-state index contributed by atoms with van der Waals surface area (Å²) in [5, 5.41) is 4.68. The van der Waals surface area contributed by atoms with E-state index in [-0.39, 0.29) is 25.1 Å². The van der Waals surface area contributed by atoms with E-state index in [1.807, 2.05) is 43.3 Å². The molecule has 0 aliphatic heterocycles. The lowest BCUT2D eigenvalue weighted by atomic mass is 10.2. The predicted molar refractivity (Wildman–Crippen MR) is 79.8 cm³/mol. The average Bonchev–Trinajstić information content (AvgIpc) is 2.81. The van der Waals surface area contributed by atoms with E-state index in [1.165, 1.54) is 0 Å². The van der Waals surface area contributed by atoms with Crippen molar-refractivity contribution in [3.05, 3.63) is 24.3 Å². The summed E-state index contributed by atoms with van der Waals surface area (Å²) in [7, 11) is 3.72. The van der Waals surface area contributed by atoms with Gasteiger partial charge in [-0.05, 0) is 31.4 Å². The Morgan fingerprint density at radius 2 is 2.10 bits per heavy atom. The molecule has 0 bridgehead atoms. The Hall–Kier alpha value is -1.99. The number of hydrogen-bond donors (Lipinski definition) is 1. The third-order valence-electron chi connectivity index (χ3n) is 2.91. The van der Waals surface area contributed by atoms with Crippen molar-refractivity contribution in [3.8, 4) is 5.88 Å². The summed E-state index contributed by atoms with van der Waals surface area (Å²) in [6.07, 6.45) is -0.802. The van der Waals surface area contributed by atoms with Gasteiger partial charge in [0.05, 0.1) is 11.4 Å². The van der Waals surface area contributed by atoms with E-state index in [0.29, 0.717) is 18.1 Å². The number of ether oxygens (including phenoxy) is 2. The van der Waals surface area contributed by atoms with Gasteiger partial charge in [-0.15, -0.1) is 12.4 Å². The normalized spacial score (nSPS) is 12.0. The zero-order valence-corrected chi connectivity index (χ0v) is 12.6. The molecule has 1 amide bonds. The zero-order chi connectivity index (χ0) is 14.5. The predicted octanol–water partition coefficient (Wildman–Crippen LogP) is 1.65. The van der Waals surface area contributed by atoms with Crippen molar-refractivity contribution in [3.63, 3.8) is 0 Å². The lowest BCUT2D eigenvalue weighted by molar-refractivity contribution is 0.0901. The van der Waals surface area contributed by atoms with Gasteiger partial charge in [-0.2, -0.15) is 0 Å². The summed E-state index contributed by atoms with van der Waals surface area (Å²) in [4.78, 5) is 12.5. The SMILES string of the molecule is CN(C)C(COC(N)=O)COc1noc2ccccc12.Cl. The first kappa shape index (κ1) is 17.1. The van der Waals surface area contributed by atoms with Gasteiger partial charge >= 0.3 is 6.09 Å². The van der Waals surface area contributed by atoms with Crippen LogP contribution in [0.1, 0.15) is 0 Å². The van der Waals surface area contributed by atoms with Gasteiger partial charge in [0.2, 0.25) is 0 Å². The minimum atomic E-state index is -0.802. The van der Waals surface area contributed by atoms with Crippen LogP contribution in [0.3, 0.4) is 0 Å². The molecule has 0 aliphatic carbocycles. The van der Waals surface area contributed by atoms with E-state index >= 15 is 0 Å². The summed E-state index contributed by atoms with van der Waals surface area (Å²) >= 11 is 0. The molecule has 1 unspecified atom stereocenters. The number of halogens is 1. The number of carbonyl (C=O) groups excluding carboxylic acids is 1. The van der Waals surface area contributed by atoms with E-state index in [0.717, 1.165) is 5.39 Å². The minimum Gasteiger partial charge on any atom is -0.473 e. The number of hydrogen-bond acceptors (Lipinski definition) is 6. The van der Waals surface area contributed by atoms with Gasteiger partial charge in [-0.3, -0.25) is 0 Å². The number of fused-ring (bicyclic) bond motifs is 1. The number of rotatable bonds is 6. The third kappa shape index (κ3) is 4.51. The summed E-state index contributed by atoms with van der Waals surface area (Å²) in [6.45, 7) is 0.453. The second-order valence-electron chi connectivity index (χ2n) is 4.54. The van der Waals surface area contributed by atoms with E-state index in [2.05, 4.69) is 5.16 Å². The van der Waals surface area contributed by atoms with Crippen LogP contribution in [0.5, 0.6) is 5.88 Å². The molecule has 2 N–H and O–H groups in total. The van der Waals surface area contributed by atoms with Crippen LogP contribution in [0.25, 0.3) is 11.0 Å². The summed E-state index contributed by atoms with van der Waals surface area (Å²) in [6, 6.07) is 7.30. The molecule has 0 spiro atoms. The van der Waals surface area contributed by atoms with Crippen molar-refractivity contribution >= 4 is 29.5 Å². The van der Waals surface area contributed by atoms with Gasteiger partial charge in [-0.25, -0.2) is 4.79 Å². The molecule has 0 saturated heterocycles. The maximum absolute atomic E-state index is 10.6. The maximum Gasteiger partial charge on any atom is 0.404 e. The maximum atomic E-state index is 10.6. The van der Waals surface area contributed by atoms with Crippen molar-refractivity contribution in [1.29, 1.82) is 0 Å². The molecule has 8 heteroatoms. The van der Waals surface area contributed by atoms with Crippen LogP contribution in [-0.2, 0) is 4.74 Å². The molecule has 7 nitrogen and oxygen atoms in total. The standard InChI is InChI=1S/C13H17N3O4.ClH/c1-16(2)9(8-19-13(14)17)7-18-12-10-5-3-4-6-11(10)20-15-12;/h3-6,9H,7-8H2,1-2H3,(H2,14,17);1H. The van der Waals surface area contributed by atoms with E-state index in [4.69, 9.17) is 19.7 Å². The highest BCUT2D eigenvalue weighted by molar-refractivity contribution is 5.85. The van der Waals surface area contributed by atoms with E-state index in [1.54, 1.807) is 0 Å². The van der Waals surface area contributed by atoms with Gasteiger partial charge in [0, 0.05) is 0 Å². The molecule has 0 saturated carbocycles. The zero-order valence-electron chi connectivity index (χ0n) is 11.8. The largest absolute Gasteiger partial charge is 0.473 e. The van der Waals surface area contributed by atoms with Gasteiger partial charge in [0.1, 0.15) is 13.2 Å². The molecule has 21 heavy (non-hydrogen) atoms. The molecule has 0 aliphatic rings. The van der Waals surface area contributed by atoms with E-state index in [9.17, 15) is 4.79 Å². The van der Waals surface area contributed by atoms with Gasteiger partial charge in [-0.1, -0.05) is 12.1 Å². The van der Waals surface area contributed by atoms with Crippen molar-refractivity contribution in [1.82, 2.24) is 10.1 Å². The van der Waals surface area contributed by atoms with Crippen LogP contribution in [0.2, 0.25) is 0 Å². The van der Waals surface area contributed by atoms with Gasteiger partial charge < -0.3 is 24.6 Å². The first-order valence-corrected chi connectivity index (χ1v) is 6.14. The highest BCUT2D eigenvalue weighted by Crippen LogP contribution is 2.24. The highest BCUT2D eigenvalue weighted by atomic mass is 35.5. The van der Waals surface area contributed by atoms with Gasteiger partial charge in [0.15, 0.2) is 5.58 Å². The Morgan fingerprint density at radius 3 is 2.76 bits per heavy atom. The third-order valence-corrected chi connectivity index (χ3v) is 2.91. The minimum absolute atomic E-state index is 0. The number of carbonyl (C=O) groups is 1. The van der Waals surface area contributed by atoms with Crippen LogP contribution in [0.4, 0.5) is 4.79 Å². The average molecular weight is 316 g/mol. The van der Waals surface area contributed by atoms with Crippen molar-refractivity contribution in [2.45, 2.75) is 6.04 Å². The summed E-state index contributed by atoms with van der Waals surface area (Å²) < 4.78 is 15.6. The van der Waals surface area contributed by atoms with Crippen LogP contribution >= 0.6 is 12.4 Å². The van der Waals surface area contributed by atoms with Crippen LogP contribution < -0.4 is 10.5 Å². The molecule has 2 rings (SSSR count). The lowest BCUT2D eigenvalue weighted by Crippen LogP contribution is -2.39. The van der Waals surface area contributed by atoms with Crippen LogP contribution in [0, 0.1) is 0 Å². The monoisotopic (exact) mass is 315 g/mol. The topological polar surface area (TPSA) is 90.8 Å². The molecule has 1 aromatic heterocycles. The number of primary amides is 1. The smallest absolute Gasteiger partial charge is 0.404 e. The quantitative estimate of drug-likeness (QED) is 0.871. The fraction of sp³-hybridized carbons (Fsp3) is 0.385. The second kappa shape index (κ2) is 7.70. The number of amides is 1. The fourth-order valence-electron chi connectivity index (χ4n) is 1.67. The first-order valence-electron chi connectivity index (χ1n) is 6.14. The van der Waals surface area contributed by atoms with Crippen LogP contribution in [0.15, 0.2) is 28.8 Å². The Balaban J connectivity index is 0.00000220. The van der Waals surface area contributed by atoms with Crippen molar-refractivity contribution in [2.24, 2.45) is 5.73 Å². The number of nitrogens with zero attached hydrogens (tertiary/aromatic N) is 2. The molecule has 116 valence electrons. The van der Waals surface area contributed by atoms with Gasteiger partial charge in [0.25, 0.3) is 5.88 Å². The highest BCUT2D eigenvalue weighted by Gasteiger charge is 2.16. The number of aromatic nitrogens is 1. The number of nitrogens with two attached hydrogens (primary N) is 1. The number of para-hydroxylation sites is 1. The Labute approximate surface area is 128 Å². The molecular formula is C13H18ClN3O4. The molecule has 1 heterocycles. The molecule has 2 aromatic rings. The molecule has 1 aromatic carbocycles. The molecule has 0 radical (unpaired) electrons.